The zero-order valence-electron chi connectivity index (χ0n) is 24.7. The number of anilines is 1. The number of fused-ring (bicyclic) bond motifs is 2. The number of thioether (sulfide) groups is 1. The molecule has 0 saturated heterocycles. The Bertz CT molecular complexity index is 1850. The van der Waals surface area contributed by atoms with Crippen molar-refractivity contribution in [3.8, 4) is 0 Å². The Morgan fingerprint density at radius 1 is 0.953 bits per heavy atom. The van der Waals surface area contributed by atoms with Gasteiger partial charge in [0, 0.05) is 52.2 Å². The van der Waals surface area contributed by atoms with E-state index in [9.17, 15) is 35.8 Å². The van der Waals surface area contributed by atoms with Crippen LogP contribution >= 0.6 is 11.8 Å². The van der Waals surface area contributed by atoms with Gasteiger partial charge in [-0.2, -0.15) is 21.4 Å². The summed E-state index contributed by atoms with van der Waals surface area (Å²) >= 11 is 1.37. The maximum Gasteiger partial charge on any atom is 0.304 e. The molecule has 0 radical (unpaired) electrons. The van der Waals surface area contributed by atoms with Gasteiger partial charge in [-0.1, -0.05) is 13.8 Å². The highest BCUT2D eigenvalue weighted by Crippen LogP contribution is 2.48. The quantitative estimate of drug-likeness (QED) is 0.189. The molecule has 2 aliphatic heterocycles. The third-order valence-electron chi connectivity index (χ3n) is 8.00. The van der Waals surface area contributed by atoms with Crippen molar-refractivity contribution in [1.82, 2.24) is 0 Å². The van der Waals surface area contributed by atoms with Gasteiger partial charge in [-0.25, -0.2) is 0 Å². The summed E-state index contributed by atoms with van der Waals surface area (Å²) in [4.78, 5) is 13.6. The molecule has 2 heterocycles. The van der Waals surface area contributed by atoms with Crippen molar-refractivity contribution in [2.45, 2.75) is 54.7 Å². The first-order valence-electron chi connectivity index (χ1n) is 13.3. The molecule has 0 spiro atoms. The largest absolute Gasteiger partial charge is 0.481 e. The van der Waals surface area contributed by atoms with Crippen molar-refractivity contribution in [3.63, 3.8) is 0 Å². The minimum Gasteiger partial charge on any atom is -0.481 e. The van der Waals surface area contributed by atoms with Crippen molar-refractivity contribution in [2.75, 3.05) is 24.7 Å². The molecule has 2 aromatic rings. The number of allylic oxidation sites excluding steroid dienone is 5. The normalized spacial score (nSPS) is 18.9. The minimum atomic E-state index is -4.37. The predicted octanol–water partition coefficient (Wildman–Crippen LogP) is 5.15. The number of hydrogen-bond acceptors (Lipinski definition) is 7. The van der Waals surface area contributed by atoms with Crippen molar-refractivity contribution in [3.05, 3.63) is 82.4 Å². The Hall–Kier alpha value is -3.23. The molecule has 0 unspecified atom stereocenters. The predicted molar refractivity (Wildman–Crippen MR) is 168 cm³/mol. The molecule has 0 amide bonds. The number of rotatable bonds is 9. The summed E-state index contributed by atoms with van der Waals surface area (Å²) in [6, 6.07) is 9.01. The summed E-state index contributed by atoms with van der Waals surface area (Å²) < 4.78 is 68.2. The number of carboxylic acid groups (broad SMARTS) is 1. The third-order valence-corrected chi connectivity index (χ3v) is 10.7. The minimum absolute atomic E-state index is 0.0342. The summed E-state index contributed by atoms with van der Waals surface area (Å²) in [6.07, 6.45) is 7.58. The Morgan fingerprint density at radius 2 is 1.53 bits per heavy atom. The average Bonchev–Trinajstić information content (AvgIpc) is 3.21. The van der Waals surface area contributed by atoms with Crippen LogP contribution in [0.15, 0.2) is 81.1 Å². The molecule has 0 bridgehead atoms. The summed E-state index contributed by atoms with van der Waals surface area (Å²) in [5, 5.41) is 9.20. The molecule has 13 heteroatoms. The Kier molecular flexibility index (Phi) is 8.63. The van der Waals surface area contributed by atoms with Crippen LogP contribution in [0.4, 0.5) is 11.4 Å². The van der Waals surface area contributed by atoms with E-state index in [2.05, 4.69) is 0 Å². The lowest BCUT2D eigenvalue weighted by molar-refractivity contribution is -0.401. The zero-order chi connectivity index (χ0) is 32.1. The van der Waals surface area contributed by atoms with E-state index < -0.39 is 37.0 Å². The van der Waals surface area contributed by atoms with Crippen LogP contribution in [-0.2, 0) is 35.9 Å². The molecule has 43 heavy (non-hydrogen) atoms. The molecule has 0 aromatic heterocycles. The zero-order valence-corrected chi connectivity index (χ0v) is 27.1. The van der Waals surface area contributed by atoms with E-state index in [1.54, 1.807) is 12.1 Å². The van der Waals surface area contributed by atoms with Crippen LogP contribution in [0.2, 0.25) is 0 Å². The van der Waals surface area contributed by atoms with Crippen molar-refractivity contribution in [1.29, 1.82) is 0 Å². The fourth-order valence-corrected chi connectivity index (χ4v) is 7.54. The van der Waals surface area contributed by atoms with E-state index in [0.29, 0.717) is 5.75 Å². The Morgan fingerprint density at radius 3 is 2.12 bits per heavy atom. The highest BCUT2D eigenvalue weighted by atomic mass is 32.2. The average molecular weight is 648 g/mol. The van der Waals surface area contributed by atoms with Gasteiger partial charge in [-0.3, -0.25) is 13.9 Å². The molecule has 0 aliphatic carbocycles. The number of aliphatic carboxylic acids is 1. The van der Waals surface area contributed by atoms with Crippen LogP contribution in [0.3, 0.4) is 0 Å². The topological polar surface area (TPSA) is 152 Å². The summed E-state index contributed by atoms with van der Waals surface area (Å²) in [6.45, 7) is 7.83. The van der Waals surface area contributed by atoms with Gasteiger partial charge in [0.2, 0.25) is 5.69 Å². The molecule has 0 saturated carbocycles. The molecule has 0 atom stereocenters. The highest BCUT2D eigenvalue weighted by Gasteiger charge is 2.43. The second kappa shape index (κ2) is 11.4. The van der Waals surface area contributed by atoms with E-state index in [1.165, 1.54) is 36.0 Å². The lowest BCUT2D eigenvalue weighted by Gasteiger charge is -2.24. The SMILES string of the molecule is CN1\C(=C/C=C(/C=C/C2=[N+](C)c3ccc(S(=O)(=O)O)cc3C2(C)C)SCCC(=O)O)C(C)(C)c2cc(S(=O)(=O)O)ccc21. The van der Waals surface area contributed by atoms with Gasteiger partial charge in [-0.05, 0) is 68.0 Å². The van der Waals surface area contributed by atoms with Crippen LogP contribution in [-0.4, -0.2) is 67.2 Å². The van der Waals surface area contributed by atoms with Gasteiger partial charge in [0.25, 0.3) is 20.2 Å². The summed E-state index contributed by atoms with van der Waals surface area (Å²) in [5.74, 6) is -0.578. The molecule has 10 nitrogen and oxygen atoms in total. The smallest absolute Gasteiger partial charge is 0.304 e. The fourth-order valence-electron chi connectivity index (χ4n) is 5.68. The van der Waals surface area contributed by atoms with E-state index in [0.717, 1.165) is 38.8 Å². The lowest BCUT2D eigenvalue weighted by Crippen LogP contribution is -2.26. The molecular formula is C30H35N2O8S3+. The molecule has 2 aliphatic rings. The monoisotopic (exact) mass is 647 g/mol. The van der Waals surface area contributed by atoms with Crippen molar-refractivity contribution < 1.29 is 40.4 Å². The number of benzene rings is 2. The molecule has 4 rings (SSSR count). The molecule has 3 N–H and O–H groups in total. The third kappa shape index (κ3) is 6.36. The lowest BCUT2D eigenvalue weighted by atomic mass is 9.81. The number of hydrogen-bond donors (Lipinski definition) is 3. The van der Waals surface area contributed by atoms with Gasteiger partial charge in [0.15, 0.2) is 5.71 Å². The number of likely N-dealkylation sites (N-methyl/N-ethyl adjacent to an activating group) is 1. The van der Waals surface area contributed by atoms with Crippen molar-refractivity contribution in [2.24, 2.45) is 0 Å². The number of nitrogens with zero attached hydrogens (tertiary/aromatic N) is 2. The highest BCUT2D eigenvalue weighted by molar-refractivity contribution is 8.03. The van der Waals surface area contributed by atoms with E-state index in [-0.39, 0.29) is 16.2 Å². The summed E-state index contributed by atoms with van der Waals surface area (Å²) in [7, 11) is -5.00. The van der Waals surface area contributed by atoms with Crippen LogP contribution in [0, 0.1) is 0 Å². The summed E-state index contributed by atoms with van der Waals surface area (Å²) in [5.41, 5.74) is 3.64. The maximum atomic E-state index is 11.8. The van der Waals surface area contributed by atoms with Gasteiger partial charge in [0.1, 0.15) is 7.05 Å². The van der Waals surface area contributed by atoms with E-state index >= 15 is 0 Å². The Labute approximate surface area is 256 Å². The second-order valence-corrected chi connectivity index (χ2v) is 15.5. The van der Waals surface area contributed by atoms with Gasteiger partial charge in [0.05, 0.1) is 21.6 Å². The molecular weight excluding hydrogens is 613 g/mol. The number of carbonyl (C=O) groups is 1. The van der Waals surface area contributed by atoms with E-state index in [4.69, 9.17) is 0 Å². The van der Waals surface area contributed by atoms with Crippen LogP contribution in [0.25, 0.3) is 0 Å². The first-order valence-corrected chi connectivity index (χ1v) is 17.2. The first-order chi connectivity index (χ1) is 19.8. The standard InChI is InChI=1S/C30H34N2O8S3/c1-29(2)22-17-20(42(35,36)37)9-11-24(22)31(5)26(29)13-7-19(41-16-15-28(33)34)8-14-27-30(3,4)23-18-21(43(38,39)40)10-12-25(23)32(27)6/h7-14,17-18H,15-16H2,1-6H3,(H2-,33,34,35,36,37,38,39,40)/p+1. The van der Waals surface area contributed by atoms with Gasteiger partial charge in [-0.15, -0.1) is 11.8 Å². The van der Waals surface area contributed by atoms with Crippen molar-refractivity contribution >= 4 is 55.1 Å². The van der Waals surface area contributed by atoms with Gasteiger partial charge < -0.3 is 10.0 Å². The number of carboxylic acids is 1. The van der Waals surface area contributed by atoms with Gasteiger partial charge >= 0.3 is 5.97 Å². The maximum absolute atomic E-state index is 11.8. The fraction of sp³-hybridized carbons (Fsp3) is 0.333. The van der Waals surface area contributed by atoms with E-state index in [1.807, 2.05) is 75.6 Å². The molecule has 2 aromatic carbocycles. The van der Waals surface area contributed by atoms with Crippen LogP contribution in [0.1, 0.15) is 45.2 Å². The van der Waals surface area contributed by atoms with Crippen LogP contribution < -0.4 is 4.90 Å². The first kappa shape index (κ1) is 32.7. The molecule has 230 valence electrons. The van der Waals surface area contributed by atoms with Crippen LogP contribution in [0.5, 0.6) is 0 Å². The second-order valence-electron chi connectivity index (χ2n) is 11.5. The Balaban J connectivity index is 1.73. The molecule has 0 fully saturated rings.